The van der Waals surface area contributed by atoms with Crippen molar-refractivity contribution in [2.24, 2.45) is 5.92 Å². The zero-order valence-corrected chi connectivity index (χ0v) is 11.2. The molecule has 1 unspecified atom stereocenters. The van der Waals surface area contributed by atoms with Gasteiger partial charge in [-0.25, -0.2) is 9.69 Å². The quantitative estimate of drug-likeness (QED) is 0.518. The first kappa shape index (κ1) is 14.0. The van der Waals surface area contributed by atoms with E-state index in [1.807, 2.05) is 13.8 Å². The number of rotatable bonds is 4. The van der Waals surface area contributed by atoms with Crippen molar-refractivity contribution in [3.63, 3.8) is 0 Å². The zero-order chi connectivity index (χ0) is 14.9. The van der Waals surface area contributed by atoms with Gasteiger partial charge in [0.25, 0.3) is 11.6 Å². The summed E-state index contributed by atoms with van der Waals surface area (Å²) in [5, 5.41) is 13.2. The van der Waals surface area contributed by atoms with Crippen molar-refractivity contribution in [2.45, 2.75) is 26.3 Å². The van der Waals surface area contributed by atoms with E-state index in [2.05, 4.69) is 5.32 Å². The van der Waals surface area contributed by atoms with Crippen LogP contribution >= 0.6 is 0 Å². The minimum atomic E-state index is -0.531. The summed E-state index contributed by atoms with van der Waals surface area (Å²) in [6, 6.07) is 4.31. The molecule has 106 valence electrons. The molecule has 0 radical (unpaired) electrons. The fourth-order valence-corrected chi connectivity index (χ4v) is 2.13. The molecule has 1 saturated heterocycles. The van der Waals surface area contributed by atoms with Gasteiger partial charge in [-0.15, -0.1) is 0 Å². The number of urea groups is 1. The number of nitro groups is 1. The molecular formula is C13H15N3O4. The van der Waals surface area contributed by atoms with Crippen LogP contribution in [0.1, 0.15) is 20.3 Å². The van der Waals surface area contributed by atoms with Gasteiger partial charge in [-0.3, -0.25) is 14.9 Å². The molecule has 1 atom stereocenters. The number of carbonyl (C=O) groups is 2. The Balaban J connectivity index is 2.22. The Morgan fingerprint density at radius 3 is 2.40 bits per heavy atom. The summed E-state index contributed by atoms with van der Waals surface area (Å²) in [5.41, 5.74) is 0.254. The first-order chi connectivity index (χ1) is 9.40. The number of benzene rings is 1. The van der Waals surface area contributed by atoms with Crippen LogP contribution in [0.15, 0.2) is 24.3 Å². The summed E-state index contributed by atoms with van der Waals surface area (Å²) in [6.45, 7) is 3.93. The van der Waals surface area contributed by atoms with E-state index >= 15 is 0 Å². The van der Waals surface area contributed by atoms with Gasteiger partial charge in [-0.05, 0) is 24.5 Å². The van der Waals surface area contributed by atoms with E-state index in [9.17, 15) is 19.7 Å². The molecule has 0 bridgehead atoms. The van der Waals surface area contributed by atoms with Crippen LogP contribution in [-0.2, 0) is 4.79 Å². The average Bonchev–Trinajstić information content (AvgIpc) is 2.64. The van der Waals surface area contributed by atoms with Gasteiger partial charge in [0, 0.05) is 12.1 Å². The molecule has 2 rings (SSSR count). The third-order valence-electron chi connectivity index (χ3n) is 3.05. The number of nitrogens with zero attached hydrogens (tertiary/aromatic N) is 2. The Labute approximate surface area is 115 Å². The molecule has 7 nitrogen and oxygen atoms in total. The summed E-state index contributed by atoms with van der Waals surface area (Å²) in [6.07, 6.45) is 0.564. The van der Waals surface area contributed by atoms with Gasteiger partial charge in [-0.2, -0.15) is 0 Å². The van der Waals surface area contributed by atoms with E-state index in [0.717, 1.165) is 4.90 Å². The minimum absolute atomic E-state index is 0.0838. The molecule has 0 aliphatic carbocycles. The van der Waals surface area contributed by atoms with E-state index in [1.54, 1.807) is 0 Å². The molecule has 1 aromatic carbocycles. The number of hydrogen-bond donors (Lipinski definition) is 1. The van der Waals surface area contributed by atoms with Gasteiger partial charge in [0.05, 0.1) is 10.6 Å². The van der Waals surface area contributed by atoms with E-state index in [4.69, 9.17) is 0 Å². The molecule has 0 aromatic heterocycles. The fourth-order valence-electron chi connectivity index (χ4n) is 2.13. The molecule has 1 aromatic rings. The lowest BCUT2D eigenvalue weighted by atomic mass is 10.0. The average molecular weight is 277 g/mol. The lowest BCUT2D eigenvalue weighted by molar-refractivity contribution is -0.384. The third-order valence-corrected chi connectivity index (χ3v) is 3.05. The van der Waals surface area contributed by atoms with Crippen LogP contribution in [0, 0.1) is 16.0 Å². The summed E-state index contributed by atoms with van der Waals surface area (Å²) in [4.78, 5) is 35.1. The summed E-state index contributed by atoms with van der Waals surface area (Å²) in [5.74, 6) is -0.0430. The van der Waals surface area contributed by atoms with Crippen molar-refractivity contribution < 1.29 is 14.5 Å². The predicted molar refractivity (Wildman–Crippen MR) is 72.4 cm³/mol. The van der Waals surface area contributed by atoms with Gasteiger partial charge in [0.2, 0.25) is 0 Å². The first-order valence-electron chi connectivity index (χ1n) is 6.29. The Morgan fingerprint density at radius 1 is 1.30 bits per heavy atom. The van der Waals surface area contributed by atoms with Crippen LogP contribution in [-0.4, -0.2) is 22.9 Å². The normalized spacial score (nSPS) is 18.6. The molecule has 1 heterocycles. The number of non-ortho nitro benzene ring substituents is 1. The highest BCUT2D eigenvalue weighted by Crippen LogP contribution is 2.24. The van der Waals surface area contributed by atoms with Crippen LogP contribution < -0.4 is 10.2 Å². The maximum absolute atomic E-state index is 12.2. The van der Waals surface area contributed by atoms with E-state index < -0.39 is 17.0 Å². The molecule has 1 aliphatic rings. The van der Waals surface area contributed by atoms with Crippen LogP contribution in [0.4, 0.5) is 16.2 Å². The number of carbonyl (C=O) groups excluding carboxylic acids is 2. The molecule has 20 heavy (non-hydrogen) atoms. The predicted octanol–water partition coefficient (Wildman–Crippen LogP) is 2.07. The zero-order valence-electron chi connectivity index (χ0n) is 11.2. The van der Waals surface area contributed by atoms with Crippen LogP contribution in [0.25, 0.3) is 0 Å². The Bertz CT molecular complexity index is 553. The lowest BCUT2D eigenvalue weighted by Gasteiger charge is -2.13. The maximum Gasteiger partial charge on any atom is 0.329 e. The van der Waals surface area contributed by atoms with Gasteiger partial charge in [0.15, 0.2) is 0 Å². The molecule has 1 fully saturated rings. The van der Waals surface area contributed by atoms with E-state index in [0.29, 0.717) is 12.1 Å². The highest BCUT2D eigenvalue weighted by Gasteiger charge is 2.39. The Morgan fingerprint density at radius 2 is 1.90 bits per heavy atom. The molecular weight excluding hydrogens is 262 g/mol. The molecule has 1 N–H and O–H groups in total. The Kier molecular flexibility index (Phi) is 3.69. The first-order valence-corrected chi connectivity index (χ1v) is 6.29. The largest absolute Gasteiger partial charge is 0.329 e. The molecule has 0 spiro atoms. The second-order valence-corrected chi connectivity index (χ2v) is 5.08. The number of amides is 3. The summed E-state index contributed by atoms with van der Waals surface area (Å²) < 4.78 is 0. The summed E-state index contributed by atoms with van der Waals surface area (Å²) in [7, 11) is 0. The summed E-state index contributed by atoms with van der Waals surface area (Å²) >= 11 is 0. The van der Waals surface area contributed by atoms with Crippen molar-refractivity contribution in [1.82, 2.24) is 5.32 Å². The monoisotopic (exact) mass is 277 g/mol. The highest BCUT2D eigenvalue weighted by molar-refractivity contribution is 6.21. The van der Waals surface area contributed by atoms with Gasteiger partial charge < -0.3 is 5.32 Å². The lowest BCUT2D eigenvalue weighted by Crippen LogP contribution is -2.31. The van der Waals surface area contributed by atoms with Crippen LogP contribution in [0.5, 0.6) is 0 Å². The fraction of sp³-hybridized carbons (Fsp3) is 0.385. The number of anilines is 1. The standard InChI is InChI=1S/C13H15N3O4/c1-8(2)7-11-12(17)15(13(18)14-11)9-3-5-10(6-4-9)16(19)20/h3-6,8,11H,7H2,1-2H3,(H,14,18). The smallest absolute Gasteiger partial charge is 0.325 e. The number of nitro benzene ring substituents is 1. The number of nitrogens with one attached hydrogen (secondary N) is 1. The van der Waals surface area contributed by atoms with E-state index in [1.165, 1.54) is 24.3 Å². The molecule has 3 amide bonds. The SMILES string of the molecule is CC(C)CC1NC(=O)N(c2ccc([N+](=O)[O-])cc2)C1=O. The van der Waals surface area contributed by atoms with Gasteiger partial charge in [0.1, 0.15) is 6.04 Å². The van der Waals surface area contributed by atoms with E-state index in [-0.39, 0.29) is 17.5 Å². The minimum Gasteiger partial charge on any atom is -0.325 e. The molecule has 1 aliphatic heterocycles. The second kappa shape index (κ2) is 5.28. The van der Waals surface area contributed by atoms with Crippen LogP contribution in [0.2, 0.25) is 0 Å². The topological polar surface area (TPSA) is 92.6 Å². The third kappa shape index (κ3) is 2.61. The van der Waals surface area contributed by atoms with Crippen molar-refractivity contribution in [3.8, 4) is 0 Å². The van der Waals surface area contributed by atoms with Crippen molar-refractivity contribution in [1.29, 1.82) is 0 Å². The van der Waals surface area contributed by atoms with Crippen molar-refractivity contribution in [3.05, 3.63) is 34.4 Å². The van der Waals surface area contributed by atoms with Crippen molar-refractivity contribution in [2.75, 3.05) is 4.90 Å². The van der Waals surface area contributed by atoms with Crippen molar-refractivity contribution >= 4 is 23.3 Å². The highest BCUT2D eigenvalue weighted by atomic mass is 16.6. The number of imide groups is 1. The molecule has 7 heteroatoms. The number of hydrogen-bond acceptors (Lipinski definition) is 4. The Hall–Kier alpha value is -2.44. The molecule has 0 saturated carbocycles. The maximum atomic E-state index is 12.2. The van der Waals surface area contributed by atoms with Gasteiger partial charge >= 0.3 is 6.03 Å². The second-order valence-electron chi connectivity index (χ2n) is 5.08. The van der Waals surface area contributed by atoms with Crippen LogP contribution in [0.3, 0.4) is 0 Å². The van der Waals surface area contributed by atoms with Gasteiger partial charge in [-0.1, -0.05) is 13.8 Å².